The molecule has 104 valence electrons. The Labute approximate surface area is 123 Å². The van der Waals surface area contributed by atoms with Gasteiger partial charge >= 0.3 is 0 Å². The molecule has 0 bridgehead atoms. The largest absolute Gasteiger partial charge is 0.340 e. The van der Waals surface area contributed by atoms with E-state index in [1.54, 1.807) is 0 Å². The van der Waals surface area contributed by atoms with E-state index in [2.05, 4.69) is 39.7 Å². The molecule has 3 rings (SSSR count). The smallest absolute Gasteiger partial charge is 0.224 e. The topological polar surface area (TPSA) is 49.8 Å². The van der Waals surface area contributed by atoms with Gasteiger partial charge in [0, 0.05) is 24.2 Å². The number of halogens is 1. The molecule has 5 heteroatoms. The lowest BCUT2D eigenvalue weighted by Crippen LogP contribution is -2.16. The molecule has 1 aromatic carbocycles. The minimum atomic E-state index is 0.306. The number of rotatable bonds is 2. The molecular weight excluding hydrogens is 272 g/mol. The van der Waals surface area contributed by atoms with Gasteiger partial charge in [-0.1, -0.05) is 17.7 Å². The average Bonchev–Trinajstić information content (AvgIpc) is 2.66. The molecular formula is C15H17ClN4. The van der Waals surface area contributed by atoms with Crippen molar-refractivity contribution in [1.82, 2.24) is 15.3 Å². The SMILES string of the molecule is Cc1ccc(Nc2nc(Cl)nc3c2CCNCC3)cc1. The number of hydrogen-bond donors (Lipinski definition) is 2. The van der Waals surface area contributed by atoms with Crippen molar-refractivity contribution in [3.8, 4) is 0 Å². The Morgan fingerprint density at radius 2 is 1.85 bits per heavy atom. The van der Waals surface area contributed by atoms with Gasteiger partial charge in [0.2, 0.25) is 5.28 Å². The van der Waals surface area contributed by atoms with Crippen LogP contribution < -0.4 is 10.6 Å². The van der Waals surface area contributed by atoms with Crippen molar-refractivity contribution in [2.45, 2.75) is 19.8 Å². The highest BCUT2D eigenvalue weighted by molar-refractivity contribution is 6.28. The fourth-order valence-corrected chi connectivity index (χ4v) is 2.58. The van der Waals surface area contributed by atoms with Crippen LogP contribution in [0.15, 0.2) is 24.3 Å². The van der Waals surface area contributed by atoms with E-state index in [4.69, 9.17) is 11.6 Å². The van der Waals surface area contributed by atoms with Crippen LogP contribution in [0.3, 0.4) is 0 Å². The molecule has 4 nitrogen and oxygen atoms in total. The summed E-state index contributed by atoms with van der Waals surface area (Å²) in [5, 5.41) is 7.04. The first-order valence-electron chi connectivity index (χ1n) is 6.82. The highest BCUT2D eigenvalue weighted by Gasteiger charge is 2.16. The monoisotopic (exact) mass is 288 g/mol. The standard InChI is InChI=1S/C15H17ClN4/c1-10-2-4-11(5-3-10)18-14-12-6-8-17-9-7-13(12)19-15(16)20-14/h2-5,17H,6-9H2,1H3,(H,18,19,20). The van der Waals surface area contributed by atoms with E-state index in [0.29, 0.717) is 5.28 Å². The summed E-state index contributed by atoms with van der Waals surface area (Å²) in [7, 11) is 0. The number of hydrogen-bond acceptors (Lipinski definition) is 4. The zero-order valence-electron chi connectivity index (χ0n) is 11.4. The molecule has 0 saturated carbocycles. The van der Waals surface area contributed by atoms with E-state index in [-0.39, 0.29) is 0 Å². The molecule has 0 radical (unpaired) electrons. The Bertz CT molecular complexity index is 610. The maximum absolute atomic E-state index is 6.04. The molecule has 2 N–H and O–H groups in total. The van der Waals surface area contributed by atoms with Crippen LogP contribution in [0.25, 0.3) is 0 Å². The van der Waals surface area contributed by atoms with Gasteiger partial charge < -0.3 is 10.6 Å². The van der Waals surface area contributed by atoms with Crippen LogP contribution in [0.5, 0.6) is 0 Å². The molecule has 0 saturated heterocycles. The van der Waals surface area contributed by atoms with Crippen molar-refractivity contribution in [2.75, 3.05) is 18.4 Å². The predicted molar refractivity (Wildman–Crippen MR) is 81.8 cm³/mol. The third kappa shape index (κ3) is 2.92. The van der Waals surface area contributed by atoms with Crippen LogP contribution >= 0.6 is 11.6 Å². The summed E-state index contributed by atoms with van der Waals surface area (Å²) in [5.74, 6) is 0.826. The second-order valence-corrected chi connectivity index (χ2v) is 5.35. The number of benzene rings is 1. The summed E-state index contributed by atoms with van der Waals surface area (Å²) in [6, 6.07) is 8.25. The van der Waals surface area contributed by atoms with E-state index in [1.807, 2.05) is 12.1 Å². The van der Waals surface area contributed by atoms with Gasteiger partial charge in [-0.3, -0.25) is 0 Å². The van der Waals surface area contributed by atoms with Gasteiger partial charge in [0.05, 0.1) is 5.69 Å². The van der Waals surface area contributed by atoms with Crippen LogP contribution in [0, 0.1) is 6.92 Å². The van der Waals surface area contributed by atoms with Crippen LogP contribution in [0.4, 0.5) is 11.5 Å². The molecule has 0 aliphatic carbocycles. The van der Waals surface area contributed by atoms with E-state index in [9.17, 15) is 0 Å². The lowest BCUT2D eigenvalue weighted by molar-refractivity contribution is 0.708. The van der Waals surface area contributed by atoms with Crippen LogP contribution in [-0.2, 0) is 12.8 Å². The van der Waals surface area contributed by atoms with E-state index in [1.165, 1.54) is 11.1 Å². The lowest BCUT2D eigenvalue weighted by atomic mass is 10.1. The molecule has 0 amide bonds. The average molecular weight is 289 g/mol. The van der Waals surface area contributed by atoms with Gasteiger partial charge in [0.1, 0.15) is 5.82 Å². The van der Waals surface area contributed by atoms with Gasteiger partial charge in [-0.2, -0.15) is 0 Å². The maximum atomic E-state index is 6.04. The second kappa shape index (κ2) is 5.77. The van der Waals surface area contributed by atoms with Gasteiger partial charge in [-0.25, -0.2) is 9.97 Å². The molecule has 1 aliphatic heterocycles. The Balaban J connectivity index is 1.96. The molecule has 0 unspecified atom stereocenters. The number of nitrogens with one attached hydrogen (secondary N) is 2. The second-order valence-electron chi connectivity index (χ2n) is 5.01. The number of nitrogens with zero attached hydrogens (tertiary/aromatic N) is 2. The Morgan fingerprint density at radius 1 is 1.10 bits per heavy atom. The number of fused-ring (bicyclic) bond motifs is 1. The molecule has 0 fully saturated rings. The zero-order valence-corrected chi connectivity index (χ0v) is 12.2. The fraction of sp³-hybridized carbons (Fsp3) is 0.333. The first kappa shape index (κ1) is 13.3. The van der Waals surface area contributed by atoms with Crippen LogP contribution in [0.1, 0.15) is 16.8 Å². The zero-order chi connectivity index (χ0) is 13.9. The Hall–Kier alpha value is -1.65. The van der Waals surface area contributed by atoms with Crippen LogP contribution in [0.2, 0.25) is 5.28 Å². The highest BCUT2D eigenvalue weighted by Crippen LogP contribution is 2.24. The third-order valence-corrected chi connectivity index (χ3v) is 3.64. The van der Waals surface area contributed by atoms with Gasteiger partial charge in [-0.05, 0) is 43.6 Å². The Kier molecular flexibility index (Phi) is 3.85. The molecule has 0 atom stereocenters. The molecule has 1 aromatic heterocycles. The van der Waals surface area contributed by atoms with E-state index in [0.717, 1.165) is 43.1 Å². The predicted octanol–water partition coefficient (Wildman–Crippen LogP) is 2.87. The van der Waals surface area contributed by atoms with Crippen molar-refractivity contribution in [2.24, 2.45) is 0 Å². The van der Waals surface area contributed by atoms with Gasteiger partial charge in [0.25, 0.3) is 0 Å². The summed E-state index contributed by atoms with van der Waals surface area (Å²) in [6.07, 6.45) is 1.81. The molecule has 2 heterocycles. The quantitative estimate of drug-likeness (QED) is 0.835. The summed E-state index contributed by atoms with van der Waals surface area (Å²) in [6.45, 7) is 3.95. The van der Waals surface area contributed by atoms with Gasteiger partial charge in [-0.15, -0.1) is 0 Å². The van der Waals surface area contributed by atoms with E-state index < -0.39 is 0 Å². The van der Waals surface area contributed by atoms with E-state index >= 15 is 0 Å². The van der Waals surface area contributed by atoms with Gasteiger partial charge in [0.15, 0.2) is 0 Å². The number of aryl methyl sites for hydroxylation is 1. The first-order chi connectivity index (χ1) is 9.72. The van der Waals surface area contributed by atoms with Crippen molar-refractivity contribution >= 4 is 23.1 Å². The maximum Gasteiger partial charge on any atom is 0.224 e. The first-order valence-corrected chi connectivity index (χ1v) is 7.20. The van der Waals surface area contributed by atoms with Crippen LogP contribution in [-0.4, -0.2) is 23.1 Å². The summed E-state index contributed by atoms with van der Waals surface area (Å²) in [5.41, 5.74) is 4.47. The minimum Gasteiger partial charge on any atom is -0.340 e. The van der Waals surface area contributed by atoms with Crippen molar-refractivity contribution in [1.29, 1.82) is 0 Å². The minimum absolute atomic E-state index is 0.306. The normalized spacial score (nSPS) is 14.5. The fourth-order valence-electron chi connectivity index (χ4n) is 2.39. The highest BCUT2D eigenvalue weighted by atomic mass is 35.5. The molecule has 0 spiro atoms. The summed E-state index contributed by atoms with van der Waals surface area (Å²) in [4.78, 5) is 8.73. The van der Waals surface area contributed by atoms with Crippen molar-refractivity contribution < 1.29 is 0 Å². The van der Waals surface area contributed by atoms with Crippen molar-refractivity contribution in [3.63, 3.8) is 0 Å². The van der Waals surface area contributed by atoms with Crippen molar-refractivity contribution in [3.05, 3.63) is 46.4 Å². The third-order valence-electron chi connectivity index (χ3n) is 3.47. The number of aromatic nitrogens is 2. The summed E-state index contributed by atoms with van der Waals surface area (Å²) >= 11 is 6.04. The Morgan fingerprint density at radius 3 is 2.65 bits per heavy atom. The molecule has 2 aromatic rings. The molecule has 20 heavy (non-hydrogen) atoms. The lowest BCUT2D eigenvalue weighted by Gasteiger charge is -2.13. The molecule has 1 aliphatic rings. The summed E-state index contributed by atoms with van der Waals surface area (Å²) < 4.78 is 0. The number of anilines is 2.